The second-order valence-corrected chi connectivity index (χ2v) is 6.88. The van der Waals surface area contributed by atoms with Crippen molar-refractivity contribution in [2.45, 2.75) is 20.3 Å². The number of anilines is 1. The van der Waals surface area contributed by atoms with E-state index >= 15 is 0 Å². The molecule has 8 heteroatoms. The van der Waals surface area contributed by atoms with Crippen molar-refractivity contribution in [2.24, 2.45) is 0 Å². The first-order chi connectivity index (χ1) is 12.8. The van der Waals surface area contributed by atoms with E-state index in [2.05, 4.69) is 60.6 Å². The molecule has 2 aromatic carbocycles. The highest BCUT2D eigenvalue weighted by Crippen LogP contribution is 2.32. The molecule has 1 heterocycles. The molecule has 0 atom stereocenters. The van der Waals surface area contributed by atoms with Gasteiger partial charge < -0.3 is 10.1 Å². The number of benzene rings is 2. The summed E-state index contributed by atoms with van der Waals surface area (Å²) >= 11 is 0. The van der Waals surface area contributed by atoms with Gasteiger partial charge in [0, 0.05) is 18.3 Å². The first-order valence-electron chi connectivity index (χ1n) is 8.37. The third-order valence-corrected chi connectivity index (χ3v) is 4.14. The number of hydrogen-bond acceptors (Lipinski definition) is 6. The van der Waals surface area contributed by atoms with Gasteiger partial charge in [-0.1, -0.05) is 18.2 Å². The molecule has 0 unspecified atom stereocenters. The standard InChI is InChI=1S/C19H18N2O.ClHO4/c1-3-20-14-6-4-5-13-8-10-17-19(18(13)14)21-15-11-12(2)7-9-16(15)22-17;2-1(3,4)5/h4-7,9-11,20H,3,8H2,1-2H3;(H,2,3,4,5). The summed E-state index contributed by atoms with van der Waals surface area (Å²) in [5.41, 5.74) is 7.03. The number of ether oxygens (including phenoxy) is 1. The van der Waals surface area contributed by atoms with Gasteiger partial charge in [0.15, 0.2) is 11.5 Å². The van der Waals surface area contributed by atoms with Crippen LogP contribution in [0.1, 0.15) is 23.6 Å². The molecular formula is C19H19ClN2O5. The van der Waals surface area contributed by atoms with Crippen molar-refractivity contribution in [3.8, 4) is 5.75 Å². The fourth-order valence-corrected chi connectivity index (χ4v) is 3.13. The molecule has 0 aromatic heterocycles. The summed E-state index contributed by atoms with van der Waals surface area (Å²) < 4.78 is 40.1. The maximum absolute atomic E-state index is 8.49. The molecule has 0 spiro atoms. The SMILES string of the molecule is CCNc1cccc2c1C1=[NH+]c3cc(C)ccc3OC1=CC2.[O-][Cl+3]([O-])([O-])[O-]. The van der Waals surface area contributed by atoms with Crippen molar-refractivity contribution in [3.05, 3.63) is 64.9 Å². The van der Waals surface area contributed by atoms with Crippen molar-refractivity contribution in [3.63, 3.8) is 0 Å². The van der Waals surface area contributed by atoms with Crippen LogP contribution in [-0.4, -0.2) is 12.3 Å². The second kappa shape index (κ2) is 7.67. The number of rotatable bonds is 2. The molecule has 0 amide bonds. The topological polar surface area (TPSA) is 127 Å². The van der Waals surface area contributed by atoms with E-state index in [-0.39, 0.29) is 0 Å². The molecule has 2 aliphatic rings. The van der Waals surface area contributed by atoms with Gasteiger partial charge >= 0.3 is 0 Å². The summed E-state index contributed by atoms with van der Waals surface area (Å²) in [6.45, 7) is 5.11. The van der Waals surface area contributed by atoms with Crippen molar-refractivity contribution >= 4 is 17.1 Å². The molecule has 142 valence electrons. The number of hydrogen-bond donors (Lipinski definition) is 2. The predicted octanol–water partition coefficient (Wildman–Crippen LogP) is -2.30. The molecule has 0 saturated carbocycles. The Bertz CT molecular complexity index is 913. The molecule has 0 radical (unpaired) electrons. The van der Waals surface area contributed by atoms with Gasteiger partial charge in [-0.3, -0.25) is 0 Å². The van der Waals surface area contributed by atoms with Gasteiger partial charge in [-0.25, -0.2) is 18.6 Å². The number of allylic oxidation sites excluding steroid dienone is 2. The highest BCUT2D eigenvalue weighted by Gasteiger charge is 2.32. The summed E-state index contributed by atoms with van der Waals surface area (Å²) in [6.07, 6.45) is 3.06. The smallest absolute Gasteiger partial charge is 0.256 e. The van der Waals surface area contributed by atoms with E-state index in [1.807, 2.05) is 6.07 Å². The van der Waals surface area contributed by atoms with Crippen molar-refractivity contribution < 1.29 is 38.6 Å². The minimum absolute atomic E-state index is 0.894. The second-order valence-electron chi connectivity index (χ2n) is 6.12. The van der Waals surface area contributed by atoms with E-state index in [0.29, 0.717) is 0 Å². The van der Waals surface area contributed by atoms with Crippen LogP contribution in [0.15, 0.2) is 48.2 Å². The first-order valence-corrected chi connectivity index (χ1v) is 9.60. The van der Waals surface area contributed by atoms with Gasteiger partial charge in [0.2, 0.25) is 5.69 Å². The van der Waals surface area contributed by atoms with Crippen molar-refractivity contribution in [1.29, 1.82) is 0 Å². The van der Waals surface area contributed by atoms with Crippen LogP contribution in [0, 0.1) is 17.2 Å². The van der Waals surface area contributed by atoms with Gasteiger partial charge in [0.05, 0.1) is 5.56 Å². The zero-order valence-corrected chi connectivity index (χ0v) is 15.6. The number of nitrogens with one attached hydrogen (secondary N) is 2. The normalized spacial score (nSPS) is 14.3. The lowest BCUT2D eigenvalue weighted by Gasteiger charge is -2.22. The van der Waals surface area contributed by atoms with Crippen LogP contribution in [0.4, 0.5) is 11.4 Å². The van der Waals surface area contributed by atoms with E-state index in [0.717, 1.165) is 41.6 Å². The number of halogens is 1. The molecule has 1 aliphatic heterocycles. The Balaban J connectivity index is 0.000000376. The van der Waals surface area contributed by atoms with Gasteiger partial charge in [-0.15, -0.1) is 10.2 Å². The highest BCUT2D eigenvalue weighted by atomic mass is 35.7. The lowest BCUT2D eigenvalue weighted by atomic mass is 9.91. The third kappa shape index (κ3) is 4.65. The molecular weight excluding hydrogens is 372 g/mol. The van der Waals surface area contributed by atoms with Gasteiger partial charge in [-0.05, 0) is 49.6 Å². The van der Waals surface area contributed by atoms with E-state index in [9.17, 15) is 0 Å². The van der Waals surface area contributed by atoms with Crippen LogP contribution in [0.3, 0.4) is 0 Å². The summed E-state index contributed by atoms with van der Waals surface area (Å²) in [7, 11) is -4.94. The maximum atomic E-state index is 8.49. The van der Waals surface area contributed by atoms with Gasteiger partial charge in [0.25, 0.3) is 5.71 Å². The Labute approximate surface area is 159 Å². The minimum atomic E-state index is -4.94. The maximum Gasteiger partial charge on any atom is 0.256 e. The van der Waals surface area contributed by atoms with E-state index < -0.39 is 10.2 Å². The monoisotopic (exact) mass is 390 g/mol. The lowest BCUT2D eigenvalue weighted by molar-refractivity contribution is -2.00. The molecule has 0 saturated heterocycles. The summed E-state index contributed by atoms with van der Waals surface area (Å²) in [4.78, 5) is 3.58. The van der Waals surface area contributed by atoms with Gasteiger partial charge in [0.1, 0.15) is 0 Å². The van der Waals surface area contributed by atoms with E-state index in [1.165, 1.54) is 16.7 Å². The molecule has 0 fully saturated rings. The molecule has 4 rings (SSSR count). The fraction of sp³-hybridized carbons (Fsp3) is 0.211. The van der Waals surface area contributed by atoms with Crippen LogP contribution in [0.25, 0.3) is 0 Å². The van der Waals surface area contributed by atoms with E-state index in [1.54, 1.807) is 0 Å². The zero-order chi connectivity index (χ0) is 19.6. The number of aryl methyl sites for hydroxylation is 1. The van der Waals surface area contributed by atoms with Crippen molar-refractivity contribution in [2.75, 3.05) is 11.9 Å². The first kappa shape index (κ1) is 19.3. The van der Waals surface area contributed by atoms with Crippen LogP contribution in [-0.2, 0) is 6.42 Å². The van der Waals surface area contributed by atoms with Crippen molar-refractivity contribution in [1.82, 2.24) is 0 Å². The van der Waals surface area contributed by atoms with Crippen LogP contribution < -0.4 is 33.7 Å². The molecule has 2 aromatic rings. The van der Waals surface area contributed by atoms with E-state index in [4.69, 9.17) is 23.4 Å². The molecule has 0 bridgehead atoms. The molecule has 2 N–H and O–H groups in total. The Morgan fingerprint density at radius 3 is 2.59 bits per heavy atom. The predicted molar refractivity (Wildman–Crippen MR) is 88.9 cm³/mol. The fourth-order valence-electron chi connectivity index (χ4n) is 3.13. The largest absolute Gasteiger partial charge is 0.444 e. The summed E-state index contributed by atoms with van der Waals surface area (Å²) in [5, 5.41) is 3.46. The minimum Gasteiger partial charge on any atom is -0.444 e. The Morgan fingerprint density at radius 2 is 1.89 bits per heavy atom. The lowest BCUT2D eigenvalue weighted by Crippen LogP contribution is -2.69. The number of fused-ring (bicyclic) bond motifs is 4. The zero-order valence-electron chi connectivity index (χ0n) is 14.9. The summed E-state index contributed by atoms with van der Waals surface area (Å²) in [6, 6.07) is 12.7. The third-order valence-electron chi connectivity index (χ3n) is 4.14. The molecule has 1 aliphatic carbocycles. The quantitative estimate of drug-likeness (QED) is 0.594. The van der Waals surface area contributed by atoms with Crippen LogP contribution in [0.2, 0.25) is 0 Å². The Morgan fingerprint density at radius 1 is 1.15 bits per heavy atom. The average Bonchev–Trinajstić information content (AvgIpc) is 2.59. The van der Waals surface area contributed by atoms with Gasteiger partial charge in [-0.2, -0.15) is 4.99 Å². The van der Waals surface area contributed by atoms with Crippen LogP contribution in [0.5, 0.6) is 5.75 Å². The summed E-state index contributed by atoms with van der Waals surface area (Å²) in [5.74, 6) is 1.82. The molecule has 27 heavy (non-hydrogen) atoms. The Hall–Kier alpha value is -2.42. The Kier molecular flexibility index (Phi) is 5.50. The van der Waals surface area contributed by atoms with Crippen LogP contribution >= 0.6 is 0 Å². The molecule has 7 nitrogen and oxygen atoms in total. The average molecular weight is 391 g/mol. The highest BCUT2D eigenvalue weighted by molar-refractivity contribution is 6.14.